The molecule has 1 aromatic carbocycles. The van der Waals surface area contributed by atoms with Crippen LogP contribution in [0, 0.1) is 0 Å². The Labute approximate surface area is 171 Å². The van der Waals surface area contributed by atoms with Crippen LogP contribution < -0.4 is 4.90 Å². The lowest BCUT2D eigenvalue weighted by atomic mass is 10.1. The summed E-state index contributed by atoms with van der Waals surface area (Å²) in [5.74, 6) is 0.0427. The highest BCUT2D eigenvalue weighted by Crippen LogP contribution is 2.33. The largest absolute Gasteiger partial charge is 0.376 e. The number of para-hydroxylation sites is 1. The molecule has 142 valence electrons. The van der Waals surface area contributed by atoms with Crippen LogP contribution in [0.15, 0.2) is 30.3 Å². The van der Waals surface area contributed by atoms with Crippen molar-refractivity contribution in [2.24, 2.45) is 0 Å². The van der Waals surface area contributed by atoms with Crippen LogP contribution in [0.5, 0.6) is 0 Å². The van der Waals surface area contributed by atoms with Gasteiger partial charge in [0, 0.05) is 11.5 Å². The first kappa shape index (κ1) is 18.9. The van der Waals surface area contributed by atoms with Gasteiger partial charge in [-0.15, -0.1) is 11.3 Å². The molecule has 1 fully saturated rings. The maximum Gasteiger partial charge on any atom is 0.234 e. The molecule has 4 rings (SSSR count). The summed E-state index contributed by atoms with van der Waals surface area (Å²) in [5.41, 5.74) is 2.22. The minimum absolute atomic E-state index is 0.0427. The van der Waals surface area contributed by atoms with E-state index in [1.165, 1.54) is 16.9 Å². The van der Waals surface area contributed by atoms with Gasteiger partial charge >= 0.3 is 0 Å². The number of benzene rings is 1. The summed E-state index contributed by atoms with van der Waals surface area (Å²) in [7, 11) is 0. The molecule has 3 aromatic rings. The zero-order valence-corrected chi connectivity index (χ0v) is 17.5. The molecule has 1 aliphatic heterocycles. The predicted molar refractivity (Wildman–Crippen MR) is 113 cm³/mol. The second-order valence-electron chi connectivity index (χ2n) is 6.64. The van der Waals surface area contributed by atoms with Crippen LogP contribution in [0.1, 0.15) is 30.2 Å². The third kappa shape index (κ3) is 4.19. The smallest absolute Gasteiger partial charge is 0.234 e. The number of nitrogens with zero attached hydrogens (tertiary/aromatic N) is 2. The molecule has 0 aliphatic carbocycles. The number of carbonyl (C=O) groups excluding carboxylic acids is 1. The summed E-state index contributed by atoms with van der Waals surface area (Å²) < 4.78 is 7.62. The van der Waals surface area contributed by atoms with Crippen LogP contribution in [0.2, 0.25) is 4.34 Å². The highest BCUT2D eigenvalue weighted by Gasteiger charge is 2.26. The third-order valence-corrected chi connectivity index (χ3v) is 7.04. The lowest BCUT2D eigenvalue weighted by molar-refractivity contribution is -0.118. The molecule has 0 radical (unpaired) electrons. The van der Waals surface area contributed by atoms with Crippen molar-refractivity contribution in [3.8, 4) is 0 Å². The van der Waals surface area contributed by atoms with Crippen molar-refractivity contribution in [1.82, 2.24) is 4.98 Å². The van der Waals surface area contributed by atoms with Crippen LogP contribution in [0.4, 0.5) is 5.13 Å². The second kappa shape index (κ2) is 8.27. The molecule has 0 saturated carbocycles. The van der Waals surface area contributed by atoms with E-state index in [0.29, 0.717) is 17.3 Å². The molecule has 1 atom stereocenters. The molecule has 0 bridgehead atoms. The van der Waals surface area contributed by atoms with Gasteiger partial charge in [-0.3, -0.25) is 9.69 Å². The molecular formula is C20H21ClN2O2S2. The third-order valence-electron chi connectivity index (χ3n) is 4.77. The fourth-order valence-corrected chi connectivity index (χ4v) is 5.48. The van der Waals surface area contributed by atoms with Crippen molar-refractivity contribution >= 4 is 55.5 Å². The number of rotatable bonds is 6. The van der Waals surface area contributed by atoms with Gasteiger partial charge in [-0.25, -0.2) is 4.98 Å². The van der Waals surface area contributed by atoms with Crippen LogP contribution >= 0.6 is 34.3 Å². The summed E-state index contributed by atoms with van der Waals surface area (Å²) in [5, 5.41) is 0.758. The zero-order valence-electron chi connectivity index (χ0n) is 15.1. The Bertz CT molecular complexity index is 947. The first-order valence-electron chi connectivity index (χ1n) is 9.18. The van der Waals surface area contributed by atoms with Crippen molar-refractivity contribution in [3.05, 3.63) is 45.1 Å². The number of halogens is 1. The van der Waals surface area contributed by atoms with Gasteiger partial charge in [0.25, 0.3) is 0 Å². The van der Waals surface area contributed by atoms with E-state index in [4.69, 9.17) is 21.3 Å². The molecule has 7 heteroatoms. The van der Waals surface area contributed by atoms with Crippen LogP contribution in [0.3, 0.4) is 0 Å². The number of fused-ring (bicyclic) bond motifs is 1. The minimum atomic E-state index is 0.0427. The van der Waals surface area contributed by atoms with Gasteiger partial charge in [0.05, 0.1) is 33.6 Å². The number of ether oxygens (including phenoxy) is 1. The first-order chi connectivity index (χ1) is 13.1. The molecule has 0 N–H and O–H groups in total. The number of carbonyl (C=O) groups is 1. The number of thiazole rings is 1. The van der Waals surface area contributed by atoms with Gasteiger partial charge in [-0.1, -0.05) is 42.0 Å². The normalized spacial score (nSPS) is 16.9. The van der Waals surface area contributed by atoms with Crippen LogP contribution in [-0.4, -0.2) is 30.1 Å². The Morgan fingerprint density at radius 1 is 1.33 bits per heavy atom. The average molecular weight is 421 g/mol. The topological polar surface area (TPSA) is 42.4 Å². The van der Waals surface area contributed by atoms with Crippen LogP contribution in [-0.2, 0) is 22.4 Å². The molecular weight excluding hydrogens is 400 g/mol. The summed E-state index contributed by atoms with van der Waals surface area (Å²) in [4.78, 5) is 20.8. The lowest BCUT2D eigenvalue weighted by Gasteiger charge is -2.22. The van der Waals surface area contributed by atoms with Crippen molar-refractivity contribution < 1.29 is 9.53 Å². The molecule has 3 heterocycles. The zero-order chi connectivity index (χ0) is 18.8. The van der Waals surface area contributed by atoms with E-state index in [1.807, 2.05) is 17.0 Å². The second-order valence-corrected chi connectivity index (χ2v) is 9.44. The summed E-state index contributed by atoms with van der Waals surface area (Å²) in [6.07, 6.45) is 3.37. The van der Waals surface area contributed by atoms with E-state index in [1.54, 1.807) is 11.3 Å². The van der Waals surface area contributed by atoms with E-state index in [2.05, 4.69) is 25.1 Å². The number of amides is 1. The van der Waals surface area contributed by atoms with Crippen molar-refractivity contribution in [1.29, 1.82) is 0 Å². The molecule has 0 spiro atoms. The maximum absolute atomic E-state index is 13.1. The molecule has 27 heavy (non-hydrogen) atoms. The van der Waals surface area contributed by atoms with E-state index in [9.17, 15) is 4.79 Å². The summed E-state index contributed by atoms with van der Waals surface area (Å²) in [6, 6.07) is 9.99. The van der Waals surface area contributed by atoms with Gasteiger partial charge in [0.2, 0.25) is 5.91 Å². The average Bonchev–Trinajstić information content (AvgIpc) is 3.39. The van der Waals surface area contributed by atoms with Crippen LogP contribution in [0.25, 0.3) is 10.2 Å². The molecule has 4 nitrogen and oxygen atoms in total. The number of thiophene rings is 1. The van der Waals surface area contributed by atoms with Gasteiger partial charge < -0.3 is 4.74 Å². The Hall–Kier alpha value is -1.47. The number of aryl methyl sites for hydroxylation is 1. The maximum atomic E-state index is 13.1. The highest BCUT2D eigenvalue weighted by molar-refractivity contribution is 7.22. The van der Waals surface area contributed by atoms with E-state index < -0.39 is 0 Å². The summed E-state index contributed by atoms with van der Waals surface area (Å²) >= 11 is 9.06. The quantitative estimate of drug-likeness (QED) is 0.541. The van der Waals surface area contributed by atoms with Crippen molar-refractivity contribution in [3.63, 3.8) is 0 Å². The van der Waals surface area contributed by atoms with E-state index >= 15 is 0 Å². The fraction of sp³-hybridized carbons (Fsp3) is 0.400. The molecule has 1 unspecified atom stereocenters. The number of aromatic nitrogens is 1. The Kier molecular flexibility index (Phi) is 5.78. The van der Waals surface area contributed by atoms with Gasteiger partial charge in [-0.2, -0.15) is 0 Å². The van der Waals surface area contributed by atoms with Gasteiger partial charge in [0.1, 0.15) is 0 Å². The van der Waals surface area contributed by atoms with Gasteiger partial charge in [0.15, 0.2) is 5.13 Å². The lowest BCUT2D eigenvalue weighted by Crippen LogP contribution is -2.38. The SMILES string of the molecule is CCc1cccc2sc(N(CC3CCCO3)C(=O)Cc3ccc(Cl)s3)nc12. The number of hydrogen-bond acceptors (Lipinski definition) is 5. The van der Waals surface area contributed by atoms with Gasteiger partial charge in [-0.05, 0) is 43.0 Å². The fourth-order valence-electron chi connectivity index (χ4n) is 3.36. The Balaban J connectivity index is 1.65. The van der Waals surface area contributed by atoms with Crippen molar-refractivity contribution in [2.75, 3.05) is 18.1 Å². The summed E-state index contributed by atoms with van der Waals surface area (Å²) in [6.45, 7) is 3.45. The Morgan fingerprint density at radius 2 is 2.22 bits per heavy atom. The van der Waals surface area contributed by atoms with E-state index in [-0.39, 0.29) is 12.0 Å². The standard InChI is InChI=1S/C20H21ClN2O2S2/c1-2-13-5-3-7-16-19(13)22-20(27-16)23(12-14-6-4-10-25-14)18(24)11-15-8-9-17(21)26-15/h3,5,7-9,14H,2,4,6,10-12H2,1H3. The predicted octanol–water partition coefficient (Wildman–Crippen LogP) is 5.33. The molecule has 1 aliphatic rings. The molecule has 1 amide bonds. The number of anilines is 1. The number of hydrogen-bond donors (Lipinski definition) is 0. The minimum Gasteiger partial charge on any atom is -0.376 e. The first-order valence-corrected chi connectivity index (χ1v) is 11.2. The molecule has 1 saturated heterocycles. The Morgan fingerprint density at radius 3 is 2.93 bits per heavy atom. The van der Waals surface area contributed by atoms with Crippen molar-refractivity contribution in [2.45, 2.75) is 38.7 Å². The molecule has 2 aromatic heterocycles. The monoisotopic (exact) mass is 420 g/mol. The van der Waals surface area contributed by atoms with E-state index in [0.717, 1.165) is 46.1 Å². The highest BCUT2D eigenvalue weighted by atomic mass is 35.5.